The van der Waals surface area contributed by atoms with E-state index in [-0.39, 0.29) is 18.6 Å². The van der Waals surface area contributed by atoms with Crippen molar-refractivity contribution in [2.24, 2.45) is 0 Å². The molecular weight excluding hydrogens is 248 g/mol. The molecule has 0 bridgehead atoms. The number of rotatable bonds is 4. The quantitative estimate of drug-likeness (QED) is 0.722. The Kier molecular flexibility index (Phi) is 5.60. The third-order valence-corrected chi connectivity index (χ3v) is 2.98. The van der Waals surface area contributed by atoms with E-state index in [2.05, 4.69) is 10.6 Å². The zero-order valence-corrected chi connectivity index (χ0v) is 11.9. The predicted molar refractivity (Wildman–Crippen MR) is 71.1 cm³/mol. The van der Waals surface area contributed by atoms with E-state index in [1.165, 1.54) is 0 Å². The summed E-state index contributed by atoms with van der Waals surface area (Å²) in [6.45, 7) is 5.35. The molecule has 1 fully saturated rings. The number of aliphatic carboxylic acids is 1. The van der Waals surface area contributed by atoms with Crippen molar-refractivity contribution in [3.63, 3.8) is 0 Å². The van der Waals surface area contributed by atoms with Gasteiger partial charge in [0.25, 0.3) is 0 Å². The van der Waals surface area contributed by atoms with E-state index in [1.54, 1.807) is 0 Å². The standard InChI is InChI=1S/C13H24N2O4/c1-13(2,3)19-12(18)15-10-7-5-4-6-9(10)14-8-11(16)17/h9-10,14H,4-8H2,1-3H3,(H,15,18)(H,16,17). The SMILES string of the molecule is CC(C)(C)OC(=O)NC1CCCCC1NCC(=O)O. The Hall–Kier alpha value is -1.30. The Balaban J connectivity index is 2.47. The summed E-state index contributed by atoms with van der Waals surface area (Å²) in [6.07, 6.45) is 3.35. The Morgan fingerprint density at radius 2 is 1.79 bits per heavy atom. The lowest BCUT2D eigenvalue weighted by Gasteiger charge is -2.33. The van der Waals surface area contributed by atoms with Crippen molar-refractivity contribution in [3.05, 3.63) is 0 Å². The maximum absolute atomic E-state index is 11.7. The zero-order valence-electron chi connectivity index (χ0n) is 11.9. The van der Waals surface area contributed by atoms with Crippen molar-refractivity contribution < 1.29 is 19.4 Å². The highest BCUT2D eigenvalue weighted by Crippen LogP contribution is 2.19. The summed E-state index contributed by atoms with van der Waals surface area (Å²) in [4.78, 5) is 22.3. The van der Waals surface area contributed by atoms with Gasteiger partial charge >= 0.3 is 12.1 Å². The Labute approximate surface area is 113 Å². The molecule has 1 aliphatic rings. The molecule has 2 atom stereocenters. The van der Waals surface area contributed by atoms with E-state index < -0.39 is 17.7 Å². The van der Waals surface area contributed by atoms with E-state index in [0.29, 0.717) is 0 Å². The molecular formula is C13H24N2O4. The summed E-state index contributed by atoms with van der Waals surface area (Å²) >= 11 is 0. The van der Waals surface area contributed by atoms with Gasteiger partial charge in [0.15, 0.2) is 0 Å². The van der Waals surface area contributed by atoms with Crippen LogP contribution in [0.5, 0.6) is 0 Å². The lowest BCUT2D eigenvalue weighted by Crippen LogP contribution is -2.53. The Bertz CT molecular complexity index is 325. The van der Waals surface area contributed by atoms with Gasteiger partial charge in [-0.2, -0.15) is 0 Å². The number of amides is 1. The molecule has 110 valence electrons. The minimum atomic E-state index is -0.887. The fourth-order valence-corrected chi connectivity index (χ4v) is 2.23. The van der Waals surface area contributed by atoms with Crippen LogP contribution in [0.4, 0.5) is 4.79 Å². The van der Waals surface area contributed by atoms with Gasteiger partial charge in [0, 0.05) is 12.1 Å². The van der Waals surface area contributed by atoms with Gasteiger partial charge in [-0.05, 0) is 33.6 Å². The van der Waals surface area contributed by atoms with Gasteiger partial charge < -0.3 is 20.5 Å². The highest BCUT2D eigenvalue weighted by Gasteiger charge is 2.28. The Morgan fingerprint density at radius 3 is 2.32 bits per heavy atom. The van der Waals surface area contributed by atoms with E-state index in [4.69, 9.17) is 9.84 Å². The molecule has 6 nitrogen and oxygen atoms in total. The molecule has 1 rings (SSSR count). The van der Waals surface area contributed by atoms with Crippen LogP contribution in [0.25, 0.3) is 0 Å². The second-order valence-electron chi connectivity index (χ2n) is 5.92. The molecule has 0 aromatic carbocycles. The normalized spacial score (nSPS) is 23.7. The molecule has 1 aliphatic carbocycles. The van der Waals surface area contributed by atoms with Gasteiger partial charge in [-0.1, -0.05) is 12.8 Å². The third kappa shape index (κ3) is 6.42. The van der Waals surface area contributed by atoms with Crippen LogP contribution in [0.2, 0.25) is 0 Å². The molecule has 0 aliphatic heterocycles. The van der Waals surface area contributed by atoms with Crippen molar-refractivity contribution in [2.45, 2.75) is 64.1 Å². The first-order chi connectivity index (χ1) is 8.78. The van der Waals surface area contributed by atoms with Gasteiger partial charge in [-0.15, -0.1) is 0 Å². The molecule has 3 N–H and O–H groups in total. The van der Waals surface area contributed by atoms with Gasteiger partial charge in [-0.25, -0.2) is 4.79 Å². The molecule has 1 amide bonds. The van der Waals surface area contributed by atoms with E-state index in [1.807, 2.05) is 20.8 Å². The summed E-state index contributed by atoms with van der Waals surface area (Å²) in [7, 11) is 0. The van der Waals surface area contributed by atoms with Crippen LogP contribution in [0, 0.1) is 0 Å². The number of nitrogens with one attached hydrogen (secondary N) is 2. The minimum absolute atomic E-state index is 0.00244. The Morgan fingerprint density at radius 1 is 1.21 bits per heavy atom. The highest BCUT2D eigenvalue weighted by molar-refractivity contribution is 5.69. The highest BCUT2D eigenvalue weighted by atomic mass is 16.6. The van der Waals surface area contributed by atoms with Gasteiger partial charge in [0.05, 0.1) is 6.54 Å². The second-order valence-corrected chi connectivity index (χ2v) is 5.92. The molecule has 0 saturated heterocycles. The number of carbonyl (C=O) groups is 2. The molecule has 19 heavy (non-hydrogen) atoms. The molecule has 2 unspecified atom stereocenters. The van der Waals surface area contributed by atoms with Crippen LogP contribution in [0.3, 0.4) is 0 Å². The van der Waals surface area contributed by atoms with Crippen LogP contribution in [-0.2, 0) is 9.53 Å². The summed E-state index contributed by atoms with van der Waals surface area (Å²) in [5.41, 5.74) is -0.525. The number of hydrogen-bond donors (Lipinski definition) is 3. The van der Waals surface area contributed by atoms with Crippen molar-refractivity contribution in [1.29, 1.82) is 0 Å². The van der Waals surface area contributed by atoms with E-state index >= 15 is 0 Å². The van der Waals surface area contributed by atoms with Gasteiger partial charge in [0.1, 0.15) is 5.60 Å². The lowest BCUT2D eigenvalue weighted by atomic mass is 9.90. The summed E-state index contributed by atoms with van der Waals surface area (Å²) in [5.74, 6) is -0.887. The fourth-order valence-electron chi connectivity index (χ4n) is 2.23. The van der Waals surface area contributed by atoms with Gasteiger partial charge in [-0.3, -0.25) is 4.79 Å². The number of ether oxygens (including phenoxy) is 1. The molecule has 0 aromatic heterocycles. The van der Waals surface area contributed by atoms with E-state index in [0.717, 1.165) is 25.7 Å². The van der Waals surface area contributed by atoms with Crippen molar-refractivity contribution >= 4 is 12.1 Å². The second kappa shape index (κ2) is 6.75. The first-order valence-corrected chi connectivity index (χ1v) is 6.72. The largest absolute Gasteiger partial charge is 0.480 e. The number of carboxylic acid groups (broad SMARTS) is 1. The number of carbonyl (C=O) groups excluding carboxylic acids is 1. The molecule has 1 saturated carbocycles. The number of carboxylic acids is 1. The maximum Gasteiger partial charge on any atom is 0.407 e. The molecule has 0 spiro atoms. The van der Waals surface area contributed by atoms with Crippen molar-refractivity contribution in [2.75, 3.05) is 6.54 Å². The topological polar surface area (TPSA) is 87.7 Å². The van der Waals surface area contributed by atoms with Crippen molar-refractivity contribution in [3.8, 4) is 0 Å². The zero-order chi connectivity index (χ0) is 14.5. The fraction of sp³-hybridized carbons (Fsp3) is 0.846. The maximum atomic E-state index is 11.7. The smallest absolute Gasteiger partial charge is 0.407 e. The number of hydrogen-bond acceptors (Lipinski definition) is 4. The monoisotopic (exact) mass is 272 g/mol. The molecule has 0 radical (unpaired) electrons. The van der Waals surface area contributed by atoms with Crippen molar-refractivity contribution in [1.82, 2.24) is 10.6 Å². The van der Waals surface area contributed by atoms with Crippen LogP contribution in [0.15, 0.2) is 0 Å². The third-order valence-electron chi connectivity index (χ3n) is 2.98. The van der Waals surface area contributed by atoms with Gasteiger partial charge in [0.2, 0.25) is 0 Å². The van der Waals surface area contributed by atoms with Crippen LogP contribution in [-0.4, -0.2) is 41.4 Å². The molecule has 0 heterocycles. The average Bonchev–Trinajstić information content (AvgIpc) is 2.25. The van der Waals surface area contributed by atoms with E-state index in [9.17, 15) is 9.59 Å². The first kappa shape index (κ1) is 15.8. The molecule has 6 heteroatoms. The first-order valence-electron chi connectivity index (χ1n) is 6.72. The predicted octanol–water partition coefficient (Wildman–Crippen LogP) is 1.50. The summed E-state index contributed by atoms with van der Waals surface area (Å²) < 4.78 is 5.22. The van der Waals surface area contributed by atoms with Crippen LogP contribution in [0.1, 0.15) is 46.5 Å². The lowest BCUT2D eigenvalue weighted by molar-refractivity contribution is -0.136. The summed E-state index contributed by atoms with van der Waals surface area (Å²) in [6, 6.07) is -0.0691. The van der Waals surface area contributed by atoms with Crippen LogP contribution < -0.4 is 10.6 Å². The number of alkyl carbamates (subject to hydrolysis) is 1. The minimum Gasteiger partial charge on any atom is -0.480 e. The molecule has 0 aromatic rings. The summed E-state index contributed by atoms with van der Waals surface area (Å²) in [5, 5.41) is 14.5. The van der Waals surface area contributed by atoms with Crippen LogP contribution >= 0.6 is 0 Å². The average molecular weight is 272 g/mol.